The molecular formula is C17H31N3O4. The molecule has 0 radical (unpaired) electrons. The number of carbonyl (C=O) groups is 2. The third-order valence-electron chi connectivity index (χ3n) is 4.48. The van der Waals surface area contributed by atoms with Crippen LogP contribution in [0.4, 0.5) is 4.79 Å². The molecule has 1 saturated heterocycles. The quantitative estimate of drug-likeness (QED) is 0.783. The summed E-state index contributed by atoms with van der Waals surface area (Å²) in [6.07, 6.45) is 1.19. The van der Waals surface area contributed by atoms with Gasteiger partial charge in [0.05, 0.1) is 18.6 Å². The van der Waals surface area contributed by atoms with Crippen molar-refractivity contribution in [2.45, 2.75) is 39.2 Å². The first-order valence-electron chi connectivity index (χ1n) is 8.74. The van der Waals surface area contributed by atoms with Gasteiger partial charge in [0.25, 0.3) is 0 Å². The van der Waals surface area contributed by atoms with Crippen molar-refractivity contribution in [2.24, 2.45) is 5.41 Å². The van der Waals surface area contributed by atoms with Crippen LogP contribution in [0.5, 0.6) is 0 Å². The van der Waals surface area contributed by atoms with E-state index in [2.05, 4.69) is 10.2 Å². The standard InChI is InChI=1S/C17H31N3O4/c1-16(2,3)24-15(22)18-13-17(5-6-17)14(21)19(4)7-8-20-9-11-23-12-10-20/h5-13H2,1-4H3,(H,18,22). The van der Waals surface area contributed by atoms with E-state index >= 15 is 0 Å². The molecule has 2 aliphatic rings. The molecule has 2 amide bonds. The molecule has 1 aliphatic heterocycles. The second-order valence-electron chi connectivity index (χ2n) is 7.82. The van der Waals surface area contributed by atoms with Crippen LogP contribution in [-0.2, 0) is 14.3 Å². The second-order valence-corrected chi connectivity index (χ2v) is 7.82. The molecule has 0 unspecified atom stereocenters. The Morgan fingerprint density at radius 2 is 1.88 bits per heavy atom. The zero-order chi connectivity index (χ0) is 17.8. The number of morpholine rings is 1. The number of ether oxygens (including phenoxy) is 2. The van der Waals surface area contributed by atoms with Crippen molar-refractivity contribution >= 4 is 12.0 Å². The highest BCUT2D eigenvalue weighted by Gasteiger charge is 2.51. The van der Waals surface area contributed by atoms with E-state index in [1.54, 1.807) is 4.90 Å². The fourth-order valence-corrected chi connectivity index (χ4v) is 2.80. The van der Waals surface area contributed by atoms with Gasteiger partial charge in [-0.2, -0.15) is 0 Å². The molecule has 7 heteroatoms. The van der Waals surface area contributed by atoms with Gasteiger partial charge in [-0.05, 0) is 33.6 Å². The number of likely N-dealkylation sites (N-methyl/N-ethyl adjacent to an activating group) is 1. The van der Waals surface area contributed by atoms with Gasteiger partial charge in [-0.15, -0.1) is 0 Å². The lowest BCUT2D eigenvalue weighted by atomic mass is 10.1. The van der Waals surface area contributed by atoms with Gasteiger partial charge in [-0.1, -0.05) is 0 Å². The van der Waals surface area contributed by atoms with Crippen molar-refractivity contribution in [1.29, 1.82) is 0 Å². The number of amides is 2. The monoisotopic (exact) mass is 341 g/mol. The Hall–Kier alpha value is -1.34. The van der Waals surface area contributed by atoms with Gasteiger partial charge in [-0.3, -0.25) is 9.69 Å². The predicted octanol–water partition coefficient (Wildman–Crippen LogP) is 1.08. The van der Waals surface area contributed by atoms with E-state index in [-0.39, 0.29) is 5.91 Å². The Labute approximate surface area is 144 Å². The van der Waals surface area contributed by atoms with E-state index in [1.165, 1.54) is 0 Å². The average molecular weight is 341 g/mol. The minimum absolute atomic E-state index is 0.117. The van der Waals surface area contributed by atoms with E-state index in [9.17, 15) is 9.59 Å². The van der Waals surface area contributed by atoms with Gasteiger partial charge in [-0.25, -0.2) is 4.79 Å². The topological polar surface area (TPSA) is 71.1 Å². The molecule has 1 aliphatic carbocycles. The lowest BCUT2D eigenvalue weighted by molar-refractivity contribution is -0.135. The van der Waals surface area contributed by atoms with Crippen molar-refractivity contribution in [1.82, 2.24) is 15.1 Å². The van der Waals surface area contributed by atoms with Crippen LogP contribution in [0, 0.1) is 5.41 Å². The molecular weight excluding hydrogens is 310 g/mol. The van der Waals surface area contributed by atoms with Gasteiger partial charge in [0.15, 0.2) is 0 Å². The smallest absolute Gasteiger partial charge is 0.407 e. The molecule has 1 N–H and O–H groups in total. The van der Waals surface area contributed by atoms with E-state index in [1.807, 2.05) is 27.8 Å². The number of rotatable bonds is 6. The summed E-state index contributed by atoms with van der Waals surface area (Å²) < 4.78 is 10.6. The largest absolute Gasteiger partial charge is 0.444 e. The number of nitrogens with one attached hydrogen (secondary N) is 1. The van der Waals surface area contributed by atoms with Gasteiger partial charge in [0.2, 0.25) is 5.91 Å². The number of nitrogens with zero attached hydrogens (tertiary/aromatic N) is 2. The highest BCUT2D eigenvalue weighted by atomic mass is 16.6. The predicted molar refractivity (Wildman–Crippen MR) is 90.8 cm³/mol. The second kappa shape index (κ2) is 7.70. The molecule has 0 bridgehead atoms. The normalized spacial score (nSPS) is 20.3. The fraction of sp³-hybridized carbons (Fsp3) is 0.882. The fourth-order valence-electron chi connectivity index (χ4n) is 2.80. The van der Waals surface area contributed by atoms with Gasteiger partial charge >= 0.3 is 6.09 Å². The minimum Gasteiger partial charge on any atom is -0.444 e. The Morgan fingerprint density at radius 1 is 1.25 bits per heavy atom. The Bertz CT molecular complexity index is 451. The van der Waals surface area contributed by atoms with Gasteiger partial charge < -0.3 is 19.7 Å². The minimum atomic E-state index is -0.528. The van der Waals surface area contributed by atoms with Crippen molar-refractivity contribution < 1.29 is 19.1 Å². The summed E-state index contributed by atoms with van der Waals surface area (Å²) in [7, 11) is 1.84. The van der Waals surface area contributed by atoms with E-state index < -0.39 is 17.1 Å². The maximum atomic E-state index is 12.7. The third-order valence-corrected chi connectivity index (χ3v) is 4.48. The van der Waals surface area contributed by atoms with Crippen LogP contribution < -0.4 is 5.32 Å². The lowest BCUT2D eigenvalue weighted by Crippen LogP contribution is -2.46. The van der Waals surface area contributed by atoms with Crippen LogP contribution in [0.2, 0.25) is 0 Å². The Kier molecular flexibility index (Phi) is 6.09. The molecule has 2 rings (SSSR count). The van der Waals surface area contributed by atoms with Crippen molar-refractivity contribution in [2.75, 3.05) is 53.0 Å². The molecule has 7 nitrogen and oxygen atoms in total. The Balaban J connectivity index is 1.74. The number of carbonyl (C=O) groups excluding carboxylic acids is 2. The lowest BCUT2D eigenvalue weighted by Gasteiger charge is -2.30. The number of hydrogen-bond donors (Lipinski definition) is 1. The van der Waals surface area contributed by atoms with Crippen LogP contribution in [0.1, 0.15) is 33.6 Å². The van der Waals surface area contributed by atoms with Crippen LogP contribution >= 0.6 is 0 Å². The zero-order valence-corrected chi connectivity index (χ0v) is 15.4. The summed E-state index contributed by atoms with van der Waals surface area (Å²) in [6.45, 7) is 10.8. The Morgan fingerprint density at radius 3 is 2.42 bits per heavy atom. The SMILES string of the molecule is CN(CCN1CCOCC1)C(=O)C1(CNC(=O)OC(C)(C)C)CC1. The zero-order valence-electron chi connectivity index (χ0n) is 15.4. The van der Waals surface area contributed by atoms with Crippen LogP contribution in [0.25, 0.3) is 0 Å². The molecule has 0 aromatic rings. The first kappa shape index (κ1) is 19.0. The summed E-state index contributed by atoms with van der Waals surface area (Å²) >= 11 is 0. The molecule has 2 fully saturated rings. The highest BCUT2D eigenvalue weighted by molar-refractivity contribution is 5.86. The molecule has 0 aromatic heterocycles. The molecule has 138 valence electrons. The van der Waals surface area contributed by atoms with Gasteiger partial charge in [0, 0.05) is 39.8 Å². The summed E-state index contributed by atoms with van der Waals surface area (Å²) in [5, 5.41) is 2.75. The molecule has 1 heterocycles. The highest BCUT2D eigenvalue weighted by Crippen LogP contribution is 2.46. The van der Waals surface area contributed by atoms with E-state index in [4.69, 9.17) is 9.47 Å². The molecule has 0 atom stereocenters. The van der Waals surface area contributed by atoms with E-state index in [0.717, 1.165) is 45.7 Å². The van der Waals surface area contributed by atoms with Crippen LogP contribution in [0.15, 0.2) is 0 Å². The average Bonchev–Trinajstić information content (AvgIpc) is 3.30. The molecule has 0 aromatic carbocycles. The van der Waals surface area contributed by atoms with E-state index in [0.29, 0.717) is 13.1 Å². The van der Waals surface area contributed by atoms with Crippen LogP contribution in [0.3, 0.4) is 0 Å². The van der Waals surface area contributed by atoms with Crippen molar-refractivity contribution in [3.63, 3.8) is 0 Å². The summed E-state index contributed by atoms with van der Waals surface area (Å²) in [6, 6.07) is 0. The molecule has 0 spiro atoms. The first-order chi connectivity index (χ1) is 11.2. The third kappa shape index (κ3) is 5.63. The number of alkyl carbamates (subject to hydrolysis) is 1. The number of hydrogen-bond acceptors (Lipinski definition) is 5. The molecule has 1 saturated carbocycles. The molecule has 24 heavy (non-hydrogen) atoms. The summed E-state index contributed by atoms with van der Waals surface area (Å²) in [5.74, 6) is 0.117. The van der Waals surface area contributed by atoms with Gasteiger partial charge in [0.1, 0.15) is 5.60 Å². The first-order valence-corrected chi connectivity index (χ1v) is 8.74. The maximum Gasteiger partial charge on any atom is 0.407 e. The van der Waals surface area contributed by atoms with Crippen molar-refractivity contribution in [3.05, 3.63) is 0 Å². The summed E-state index contributed by atoms with van der Waals surface area (Å²) in [4.78, 5) is 28.6. The summed E-state index contributed by atoms with van der Waals surface area (Å²) in [5.41, 5.74) is -0.962. The van der Waals surface area contributed by atoms with Crippen LogP contribution in [-0.4, -0.2) is 80.4 Å². The van der Waals surface area contributed by atoms with Crippen molar-refractivity contribution in [3.8, 4) is 0 Å². The maximum absolute atomic E-state index is 12.7.